The molecule has 0 aliphatic carbocycles. The molecule has 0 unspecified atom stereocenters. The summed E-state index contributed by atoms with van der Waals surface area (Å²) in [4.78, 5) is 20.5. The molecule has 1 heterocycles. The lowest BCUT2D eigenvalue weighted by molar-refractivity contribution is 0.1000. The van der Waals surface area contributed by atoms with Crippen LogP contribution in [-0.2, 0) is 6.54 Å². The quantitative estimate of drug-likeness (QED) is 0.585. The van der Waals surface area contributed by atoms with E-state index >= 15 is 0 Å². The summed E-state index contributed by atoms with van der Waals surface area (Å²) in [5.41, 5.74) is 8.13. The van der Waals surface area contributed by atoms with E-state index in [1.54, 1.807) is 13.1 Å². The molecule has 29 heavy (non-hydrogen) atoms. The number of carbonyl (C=O) groups is 1. The Morgan fingerprint density at radius 3 is 2.55 bits per heavy atom. The third-order valence-electron chi connectivity index (χ3n) is 5.02. The van der Waals surface area contributed by atoms with Crippen molar-refractivity contribution < 1.29 is 4.79 Å². The van der Waals surface area contributed by atoms with Crippen LogP contribution in [0, 0.1) is 0 Å². The first-order valence-electron chi connectivity index (χ1n) is 9.94. The van der Waals surface area contributed by atoms with Crippen LogP contribution in [-0.4, -0.2) is 61.4 Å². The topological polar surface area (TPSA) is 74.0 Å². The Labute approximate surface area is 172 Å². The number of nitrogens with one attached hydrogen (secondary N) is 1. The highest BCUT2D eigenvalue weighted by Crippen LogP contribution is 2.07. The zero-order valence-corrected chi connectivity index (χ0v) is 16.9. The van der Waals surface area contributed by atoms with Crippen molar-refractivity contribution in [1.82, 2.24) is 15.1 Å². The first-order valence-corrected chi connectivity index (χ1v) is 9.94. The molecule has 1 amide bonds. The number of carbonyl (C=O) groups excluding carboxylic acids is 1. The Morgan fingerprint density at radius 2 is 1.86 bits per heavy atom. The van der Waals surface area contributed by atoms with Gasteiger partial charge in [-0.15, -0.1) is 0 Å². The number of nitrogens with two attached hydrogens (primary N) is 1. The molecular weight excluding hydrogens is 362 g/mol. The molecule has 3 N–H and O–H groups in total. The van der Waals surface area contributed by atoms with Crippen molar-refractivity contribution in [2.24, 2.45) is 10.7 Å². The fraction of sp³-hybridized carbons (Fsp3) is 0.304. The second kappa shape index (κ2) is 10.4. The van der Waals surface area contributed by atoms with Gasteiger partial charge in [0.15, 0.2) is 5.96 Å². The highest BCUT2D eigenvalue weighted by atomic mass is 16.1. The van der Waals surface area contributed by atoms with Crippen molar-refractivity contribution in [3.8, 4) is 0 Å². The maximum atomic E-state index is 11.3. The van der Waals surface area contributed by atoms with E-state index in [4.69, 9.17) is 5.73 Å². The summed E-state index contributed by atoms with van der Waals surface area (Å²) in [7, 11) is 1.80. The summed E-state index contributed by atoms with van der Waals surface area (Å²) < 4.78 is 0. The number of hydrogen-bond acceptors (Lipinski definition) is 3. The Hall–Kier alpha value is -3.12. The molecule has 3 rings (SSSR count). The van der Waals surface area contributed by atoms with Gasteiger partial charge in [-0.1, -0.05) is 54.6 Å². The van der Waals surface area contributed by atoms with Crippen LogP contribution in [0.3, 0.4) is 0 Å². The van der Waals surface area contributed by atoms with Gasteiger partial charge in [0, 0.05) is 51.9 Å². The van der Waals surface area contributed by atoms with Gasteiger partial charge in [-0.25, -0.2) is 0 Å². The van der Waals surface area contributed by atoms with Crippen molar-refractivity contribution >= 4 is 17.9 Å². The lowest BCUT2D eigenvalue weighted by atomic mass is 10.1. The second-order valence-corrected chi connectivity index (χ2v) is 7.07. The molecule has 0 radical (unpaired) electrons. The van der Waals surface area contributed by atoms with E-state index in [2.05, 4.69) is 56.5 Å². The number of amides is 1. The monoisotopic (exact) mass is 391 g/mol. The Bertz CT molecular complexity index is 855. The summed E-state index contributed by atoms with van der Waals surface area (Å²) in [6, 6.07) is 17.7. The lowest BCUT2D eigenvalue weighted by Crippen LogP contribution is -2.52. The Kier molecular flexibility index (Phi) is 7.41. The van der Waals surface area contributed by atoms with Crippen LogP contribution in [0.2, 0.25) is 0 Å². The van der Waals surface area contributed by atoms with Crippen LogP contribution < -0.4 is 11.1 Å². The summed E-state index contributed by atoms with van der Waals surface area (Å²) in [6.45, 7) is 5.41. The van der Waals surface area contributed by atoms with Gasteiger partial charge in [-0.3, -0.25) is 14.7 Å². The van der Waals surface area contributed by atoms with Gasteiger partial charge >= 0.3 is 0 Å². The maximum absolute atomic E-state index is 11.3. The van der Waals surface area contributed by atoms with Gasteiger partial charge in [0.05, 0.1) is 0 Å². The van der Waals surface area contributed by atoms with E-state index in [1.807, 2.05) is 24.3 Å². The van der Waals surface area contributed by atoms with Crippen LogP contribution in [0.4, 0.5) is 0 Å². The van der Waals surface area contributed by atoms with Crippen molar-refractivity contribution in [2.45, 2.75) is 6.54 Å². The molecule has 0 bridgehead atoms. The lowest BCUT2D eigenvalue weighted by Gasteiger charge is -2.36. The molecule has 0 spiro atoms. The third kappa shape index (κ3) is 6.19. The minimum Gasteiger partial charge on any atom is -0.366 e. The second-order valence-electron chi connectivity index (χ2n) is 7.07. The molecule has 1 saturated heterocycles. The molecule has 0 atom stereocenters. The van der Waals surface area contributed by atoms with Gasteiger partial charge in [-0.05, 0) is 23.3 Å². The van der Waals surface area contributed by atoms with Crippen LogP contribution in [0.15, 0.2) is 65.7 Å². The van der Waals surface area contributed by atoms with E-state index in [-0.39, 0.29) is 0 Å². The molecular formula is C23H29N5O. The molecule has 152 valence electrons. The van der Waals surface area contributed by atoms with Crippen molar-refractivity contribution in [1.29, 1.82) is 0 Å². The fourth-order valence-corrected chi connectivity index (χ4v) is 3.39. The van der Waals surface area contributed by atoms with Crippen molar-refractivity contribution in [3.63, 3.8) is 0 Å². The zero-order valence-electron chi connectivity index (χ0n) is 16.9. The standard InChI is InChI=1S/C23H29N5O/c1-25-23(26-18-20-9-5-11-21(17-20)22(24)29)28-15-13-27(14-16-28)12-6-10-19-7-3-2-4-8-19/h2-11,17H,12-16,18H2,1H3,(H2,24,29)(H,25,26). The molecule has 6 heteroatoms. The average Bonchev–Trinajstić information content (AvgIpc) is 2.76. The third-order valence-corrected chi connectivity index (χ3v) is 5.02. The van der Waals surface area contributed by atoms with E-state index < -0.39 is 5.91 Å². The van der Waals surface area contributed by atoms with E-state index in [0.717, 1.165) is 44.2 Å². The van der Waals surface area contributed by atoms with Gasteiger partial charge in [0.25, 0.3) is 0 Å². The summed E-state index contributed by atoms with van der Waals surface area (Å²) in [5.74, 6) is 0.475. The smallest absolute Gasteiger partial charge is 0.248 e. The maximum Gasteiger partial charge on any atom is 0.248 e. The highest BCUT2D eigenvalue weighted by molar-refractivity contribution is 5.92. The molecule has 0 aromatic heterocycles. The van der Waals surface area contributed by atoms with Crippen molar-refractivity contribution in [3.05, 3.63) is 77.4 Å². The largest absolute Gasteiger partial charge is 0.366 e. The number of rotatable bonds is 6. The first kappa shape index (κ1) is 20.6. The number of aliphatic imine (C=N–C) groups is 1. The molecule has 2 aromatic carbocycles. The number of piperazine rings is 1. The number of benzene rings is 2. The van der Waals surface area contributed by atoms with E-state index in [1.165, 1.54) is 5.56 Å². The molecule has 6 nitrogen and oxygen atoms in total. The van der Waals surface area contributed by atoms with Crippen LogP contribution in [0.5, 0.6) is 0 Å². The van der Waals surface area contributed by atoms with Crippen LogP contribution in [0.1, 0.15) is 21.5 Å². The summed E-state index contributed by atoms with van der Waals surface area (Å²) in [5, 5.41) is 3.39. The number of guanidine groups is 1. The van der Waals surface area contributed by atoms with Gasteiger partial charge < -0.3 is 16.0 Å². The molecule has 1 aliphatic rings. The van der Waals surface area contributed by atoms with E-state index in [9.17, 15) is 4.79 Å². The predicted octanol–water partition coefficient (Wildman–Crippen LogP) is 2.19. The Balaban J connectivity index is 1.45. The van der Waals surface area contributed by atoms with Crippen molar-refractivity contribution in [2.75, 3.05) is 39.8 Å². The van der Waals surface area contributed by atoms with Gasteiger partial charge in [-0.2, -0.15) is 0 Å². The zero-order chi connectivity index (χ0) is 20.5. The van der Waals surface area contributed by atoms with Crippen LogP contribution in [0.25, 0.3) is 6.08 Å². The summed E-state index contributed by atoms with van der Waals surface area (Å²) >= 11 is 0. The fourth-order valence-electron chi connectivity index (χ4n) is 3.39. The molecule has 2 aromatic rings. The molecule has 1 aliphatic heterocycles. The predicted molar refractivity (Wildman–Crippen MR) is 119 cm³/mol. The Morgan fingerprint density at radius 1 is 1.10 bits per heavy atom. The number of hydrogen-bond donors (Lipinski definition) is 2. The normalized spacial score (nSPS) is 15.6. The molecule has 1 fully saturated rings. The van der Waals surface area contributed by atoms with Gasteiger partial charge in [0.1, 0.15) is 0 Å². The van der Waals surface area contributed by atoms with E-state index in [0.29, 0.717) is 12.1 Å². The number of primary amides is 1. The highest BCUT2D eigenvalue weighted by Gasteiger charge is 2.18. The summed E-state index contributed by atoms with van der Waals surface area (Å²) in [6.07, 6.45) is 4.40. The minimum atomic E-state index is -0.409. The van der Waals surface area contributed by atoms with Gasteiger partial charge in [0.2, 0.25) is 5.91 Å². The molecule has 0 saturated carbocycles. The first-order chi connectivity index (χ1) is 14.2. The minimum absolute atomic E-state index is 0.409. The SMILES string of the molecule is CN=C(NCc1cccc(C(N)=O)c1)N1CCN(CC=Cc2ccccc2)CC1. The number of nitrogens with zero attached hydrogens (tertiary/aromatic N) is 3. The average molecular weight is 392 g/mol. The van der Waals surface area contributed by atoms with Crippen LogP contribution >= 0.6 is 0 Å².